The van der Waals surface area contributed by atoms with Crippen molar-refractivity contribution in [3.63, 3.8) is 0 Å². The molecule has 0 aliphatic heterocycles. The summed E-state index contributed by atoms with van der Waals surface area (Å²) in [6, 6.07) is 17.2. The lowest BCUT2D eigenvalue weighted by Gasteiger charge is -2.38. The second-order valence-electron chi connectivity index (χ2n) is 11.9. The second kappa shape index (κ2) is 13.6. The third-order valence-electron chi connectivity index (χ3n) is 7.05. The zero-order valence-electron chi connectivity index (χ0n) is 25.8. The van der Waals surface area contributed by atoms with Crippen molar-refractivity contribution >= 4 is 23.6 Å². The van der Waals surface area contributed by atoms with Gasteiger partial charge in [0.1, 0.15) is 23.4 Å². The number of alkyl carbamates (subject to hydrolysis) is 1. The third kappa shape index (κ3) is 8.35. The summed E-state index contributed by atoms with van der Waals surface area (Å²) in [4.78, 5) is 43.2. The van der Waals surface area contributed by atoms with Gasteiger partial charge in [0.05, 0.1) is 0 Å². The predicted octanol–water partition coefficient (Wildman–Crippen LogP) is 6.37. The standard InChI is InChI=1S/C34H43N3O5/c1-21(2)37(32(40)29(36-33(41)42-34(6,7)8)20-25-16-18-26(38)19-17-25)30(27-14-11-13-22(3)24(27)5)31(39)35-28-15-10-9-12-23(28)4/h9-19,21,29-30,38H,20H2,1-8H3,(H,35,39)(H,36,41). The SMILES string of the molecule is Cc1ccccc1NC(=O)C(c1cccc(C)c1C)N(C(=O)C(Cc1ccc(O)cc1)NC(=O)OC(C)(C)C)C(C)C. The van der Waals surface area contributed by atoms with Gasteiger partial charge in [0.15, 0.2) is 0 Å². The van der Waals surface area contributed by atoms with Crippen LogP contribution in [0.1, 0.15) is 68.5 Å². The first kappa shape index (κ1) is 32.2. The largest absolute Gasteiger partial charge is 0.508 e. The number of ether oxygens (including phenoxy) is 1. The smallest absolute Gasteiger partial charge is 0.408 e. The van der Waals surface area contributed by atoms with Crippen molar-refractivity contribution in [1.82, 2.24) is 10.2 Å². The summed E-state index contributed by atoms with van der Waals surface area (Å²) in [5.41, 5.74) is 4.08. The van der Waals surface area contributed by atoms with E-state index >= 15 is 0 Å². The molecule has 0 spiro atoms. The Balaban J connectivity index is 2.10. The molecule has 42 heavy (non-hydrogen) atoms. The number of phenolic OH excluding ortho intramolecular Hbond substituents is 1. The minimum Gasteiger partial charge on any atom is -0.508 e. The first-order valence-corrected chi connectivity index (χ1v) is 14.2. The van der Waals surface area contributed by atoms with Crippen LogP contribution in [-0.2, 0) is 20.7 Å². The summed E-state index contributed by atoms with van der Waals surface area (Å²) in [6.45, 7) is 14.8. The van der Waals surface area contributed by atoms with Gasteiger partial charge in [-0.05, 0) is 101 Å². The molecular weight excluding hydrogens is 530 g/mol. The van der Waals surface area contributed by atoms with E-state index in [2.05, 4.69) is 10.6 Å². The van der Waals surface area contributed by atoms with Crippen molar-refractivity contribution in [2.45, 2.75) is 85.5 Å². The molecule has 8 nitrogen and oxygen atoms in total. The van der Waals surface area contributed by atoms with Crippen LogP contribution in [0.3, 0.4) is 0 Å². The number of carbonyl (C=O) groups is 3. The molecule has 0 aliphatic rings. The monoisotopic (exact) mass is 573 g/mol. The molecule has 3 aromatic carbocycles. The van der Waals surface area contributed by atoms with E-state index in [9.17, 15) is 19.5 Å². The Morgan fingerprint density at radius 3 is 2.10 bits per heavy atom. The number of anilines is 1. The van der Waals surface area contributed by atoms with Crippen molar-refractivity contribution < 1.29 is 24.2 Å². The van der Waals surface area contributed by atoms with E-state index in [1.54, 1.807) is 32.9 Å². The summed E-state index contributed by atoms with van der Waals surface area (Å²) in [5, 5.41) is 15.6. The number of carbonyl (C=O) groups excluding carboxylic acids is 3. The maximum Gasteiger partial charge on any atom is 0.408 e. The molecular formula is C34H43N3O5. The van der Waals surface area contributed by atoms with Gasteiger partial charge in [-0.25, -0.2) is 4.79 Å². The van der Waals surface area contributed by atoms with Gasteiger partial charge in [0.2, 0.25) is 5.91 Å². The van der Waals surface area contributed by atoms with Crippen molar-refractivity contribution in [3.05, 3.63) is 94.5 Å². The Bertz CT molecular complexity index is 1410. The van der Waals surface area contributed by atoms with Crippen molar-refractivity contribution in [2.75, 3.05) is 5.32 Å². The lowest BCUT2D eigenvalue weighted by molar-refractivity contribution is -0.142. The molecule has 0 fully saturated rings. The molecule has 3 amide bonds. The minimum absolute atomic E-state index is 0.0911. The summed E-state index contributed by atoms with van der Waals surface area (Å²) < 4.78 is 5.49. The molecule has 0 radical (unpaired) electrons. The number of rotatable bonds is 9. The van der Waals surface area contributed by atoms with Crippen LogP contribution in [0.2, 0.25) is 0 Å². The molecule has 2 unspecified atom stereocenters. The molecule has 2 atom stereocenters. The summed E-state index contributed by atoms with van der Waals surface area (Å²) in [6.07, 6.45) is -0.614. The van der Waals surface area contributed by atoms with Gasteiger partial charge in [-0.3, -0.25) is 9.59 Å². The van der Waals surface area contributed by atoms with Crippen LogP contribution in [0.15, 0.2) is 66.7 Å². The Hall–Kier alpha value is -4.33. The second-order valence-corrected chi connectivity index (χ2v) is 11.9. The molecule has 0 aromatic heterocycles. The summed E-state index contributed by atoms with van der Waals surface area (Å²) >= 11 is 0. The quantitative estimate of drug-likeness (QED) is 0.276. The van der Waals surface area contributed by atoms with Crippen LogP contribution < -0.4 is 10.6 Å². The van der Waals surface area contributed by atoms with E-state index in [1.165, 1.54) is 17.0 Å². The van der Waals surface area contributed by atoms with Crippen LogP contribution in [-0.4, -0.2) is 45.6 Å². The lowest BCUT2D eigenvalue weighted by Crippen LogP contribution is -2.55. The summed E-state index contributed by atoms with van der Waals surface area (Å²) in [7, 11) is 0. The number of hydrogen-bond donors (Lipinski definition) is 3. The van der Waals surface area contributed by atoms with Gasteiger partial charge >= 0.3 is 6.09 Å². The Labute approximate surface area is 249 Å². The topological polar surface area (TPSA) is 108 Å². The molecule has 0 aliphatic carbocycles. The zero-order chi connectivity index (χ0) is 31.2. The molecule has 8 heteroatoms. The molecule has 3 N–H and O–H groups in total. The van der Waals surface area contributed by atoms with Crippen LogP contribution in [0.25, 0.3) is 0 Å². The van der Waals surface area contributed by atoms with Crippen molar-refractivity contribution in [2.24, 2.45) is 0 Å². The number of hydrogen-bond acceptors (Lipinski definition) is 5. The van der Waals surface area contributed by atoms with Gasteiger partial charge in [-0.2, -0.15) is 0 Å². The minimum atomic E-state index is -1.05. The molecule has 0 saturated heterocycles. The number of aromatic hydroxyl groups is 1. The first-order chi connectivity index (χ1) is 19.7. The van der Waals surface area contributed by atoms with Gasteiger partial charge in [0, 0.05) is 18.2 Å². The zero-order valence-corrected chi connectivity index (χ0v) is 25.8. The average Bonchev–Trinajstić information content (AvgIpc) is 2.89. The number of aryl methyl sites for hydroxylation is 2. The number of para-hydroxylation sites is 1. The van der Waals surface area contributed by atoms with E-state index in [0.29, 0.717) is 11.3 Å². The number of phenols is 1. The molecule has 0 bridgehead atoms. The van der Waals surface area contributed by atoms with Crippen LogP contribution in [0.5, 0.6) is 5.75 Å². The number of benzene rings is 3. The molecule has 0 heterocycles. The number of amides is 3. The Morgan fingerprint density at radius 2 is 1.50 bits per heavy atom. The van der Waals surface area contributed by atoms with E-state index in [1.807, 2.05) is 77.1 Å². The fourth-order valence-corrected chi connectivity index (χ4v) is 4.78. The maximum absolute atomic E-state index is 14.5. The lowest BCUT2D eigenvalue weighted by atomic mass is 9.93. The van der Waals surface area contributed by atoms with E-state index in [-0.39, 0.29) is 18.1 Å². The third-order valence-corrected chi connectivity index (χ3v) is 7.05. The van der Waals surface area contributed by atoms with Gasteiger partial charge < -0.3 is 25.4 Å². The predicted molar refractivity (Wildman–Crippen MR) is 165 cm³/mol. The molecule has 3 aromatic rings. The van der Waals surface area contributed by atoms with Crippen LogP contribution >= 0.6 is 0 Å². The van der Waals surface area contributed by atoms with E-state index in [4.69, 9.17) is 4.74 Å². The molecule has 0 saturated carbocycles. The molecule has 3 rings (SSSR count). The highest BCUT2D eigenvalue weighted by Crippen LogP contribution is 2.31. The fraction of sp³-hybridized carbons (Fsp3) is 0.382. The first-order valence-electron chi connectivity index (χ1n) is 14.2. The number of nitrogens with one attached hydrogen (secondary N) is 2. The van der Waals surface area contributed by atoms with Crippen LogP contribution in [0, 0.1) is 20.8 Å². The van der Waals surface area contributed by atoms with Gasteiger partial charge in [-0.15, -0.1) is 0 Å². The van der Waals surface area contributed by atoms with Crippen molar-refractivity contribution in [3.8, 4) is 5.75 Å². The number of nitrogens with zero attached hydrogens (tertiary/aromatic N) is 1. The van der Waals surface area contributed by atoms with Crippen molar-refractivity contribution in [1.29, 1.82) is 0 Å². The fourth-order valence-electron chi connectivity index (χ4n) is 4.78. The Morgan fingerprint density at radius 1 is 0.881 bits per heavy atom. The van der Waals surface area contributed by atoms with Gasteiger partial charge in [-0.1, -0.05) is 48.5 Å². The highest BCUT2D eigenvalue weighted by atomic mass is 16.6. The van der Waals surface area contributed by atoms with E-state index < -0.39 is 35.7 Å². The average molecular weight is 574 g/mol. The molecule has 224 valence electrons. The summed E-state index contributed by atoms with van der Waals surface area (Å²) in [5.74, 6) is -0.705. The Kier molecular flexibility index (Phi) is 10.4. The van der Waals surface area contributed by atoms with E-state index in [0.717, 1.165) is 22.3 Å². The normalized spacial score (nSPS) is 12.8. The maximum atomic E-state index is 14.5. The highest BCUT2D eigenvalue weighted by molar-refractivity contribution is 5.99. The van der Waals surface area contributed by atoms with Crippen LogP contribution in [0.4, 0.5) is 10.5 Å². The highest BCUT2D eigenvalue weighted by Gasteiger charge is 2.38. The van der Waals surface area contributed by atoms with Gasteiger partial charge in [0.25, 0.3) is 5.91 Å².